The molecule has 2 atom stereocenters. The van der Waals surface area contributed by atoms with Crippen LogP contribution in [0.15, 0.2) is 0 Å². The van der Waals surface area contributed by atoms with Crippen molar-refractivity contribution < 1.29 is 34.1 Å². The molecule has 0 aromatic carbocycles. The largest absolute Gasteiger partial charge is 0.481 e. The molecule has 9 nitrogen and oxygen atoms in total. The zero-order valence-electron chi connectivity index (χ0n) is 12.4. The zero-order valence-corrected chi connectivity index (χ0v) is 12.4. The van der Waals surface area contributed by atoms with Crippen molar-refractivity contribution in [3.63, 3.8) is 0 Å². The number of rotatable bonds is 6. The van der Waals surface area contributed by atoms with Crippen LogP contribution in [0.1, 0.15) is 38.5 Å². The third-order valence-electron chi connectivity index (χ3n) is 2.94. The second-order valence-electron chi connectivity index (χ2n) is 4.77. The summed E-state index contributed by atoms with van der Waals surface area (Å²) in [5.74, 6) is -2.43. The number of carbonyl (C=O) groups excluding carboxylic acids is 2. The van der Waals surface area contributed by atoms with Crippen LogP contribution in [0, 0.1) is 0 Å². The molecule has 1 fully saturated rings. The van der Waals surface area contributed by atoms with E-state index in [9.17, 15) is 19.2 Å². The first-order chi connectivity index (χ1) is 10.3. The van der Waals surface area contributed by atoms with E-state index in [-0.39, 0.29) is 24.7 Å². The summed E-state index contributed by atoms with van der Waals surface area (Å²) >= 11 is 0. The SMILES string of the molecule is COC(=O)[C@H]1CCCC(=O)N1.NC(CCCC(=O)O)C(=O)O. The van der Waals surface area contributed by atoms with Gasteiger partial charge in [-0.3, -0.25) is 14.4 Å². The highest BCUT2D eigenvalue weighted by Crippen LogP contribution is 2.08. The van der Waals surface area contributed by atoms with Crippen molar-refractivity contribution in [2.75, 3.05) is 7.11 Å². The lowest BCUT2D eigenvalue weighted by Gasteiger charge is -2.20. The van der Waals surface area contributed by atoms with E-state index in [1.807, 2.05) is 0 Å². The number of esters is 1. The highest BCUT2D eigenvalue weighted by atomic mass is 16.5. The van der Waals surface area contributed by atoms with Gasteiger partial charge in [0.05, 0.1) is 7.11 Å². The summed E-state index contributed by atoms with van der Waals surface area (Å²) in [5.41, 5.74) is 5.11. The molecule has 0 aliphatic carbocycles. The molecule has 1 heterocycles. The Kier molecular flexibility index (Phi) is 9.51. The smallest absolute Gasteiger partial charge is 0.328 e. The van der Waals surface area contributed by atoms with E-state index >= 15 is 0 Å². The number of nitrogens with one attached hydrogen (secondary N) is 1. The number of amides is 1. The second kappa shape index (κ2) is 10.6. The van der Waals surface area contributed by atoms with E-state index in [1.165, 1.54) is 7.11 Å². The van der Waals surface area contributed by atoms with Gasteiger partial charge in [0.2, 0.25) is 5.91 Å². The molecular weight excluding hydrogens is 296 g/mol. The van der Waals surface area contributed by atoms with Gasteiger partial charge in [-0.05, 0) is 25.7 Å². The molecule has 22 heavy (non-hydrogen) atoms. The summed E-state index contributed by atoms with van der Waals surface area (Å²) in [5, 5.41) is 19.0. The summed E-state index contributed by atoms with van der Waals surface area (Å²) in [7, 11) is 1.32. The van der Waals surface area contributed by atoms with Gasteiger partial charge in [-0.1, -0.05) is 0 Å². The summed E-state index contributed by atoms with van der Waals surface area (Å²) < 4.78 is 4.48. The lowest BCUT2D eigenvalue weighted by atomic mass is 10.1. The van der Waals surface area contributed by atoms with Crippen LogP contribution in [0.4, 0.5) is 0 Å². The van der Waals surface area contributed by atoms with Gasteiger partial charge >= 0.3 is 17.9 Å². The van der Waals surface area contributed by atoms with E-state index in [0.717, 1.165) is 6.42 Å². The molecule has 9 heteroatoms. The van der Waals surface area contributed by atoms with E-state index in [2.05, 4.69) is 10.1 Å². The molecule has 0 bridgehead atoms. The van der Waals surface area contributed by atoms with E-state index < -0.39 is 24.0 Å². The fraction of sp³-hybridized carbons (Fsp3) is 0.692. The third kappa shape index (κ3) is 8.90. The normalized spacial score (nSPS) is 18.3. The minimum atomic E-state index is -1.09. The average molecular weight is 318 g/mol. The van der Waals surface area contributed by atoms with Crippen LogP contribution in [-0.4, -0.2) is 53.2 Å². The van der Waals surface area contributed by atoms with Gasteiger partial charge in [0, 0.05) is 12.8 Å². The van der Waals surface area contributed by atoms with Gasteiger partial charge in [-0.15, -0.1) is 0 Å². The predicted octanol–water partition coefficient (Wildman–Crippen LogP) is -0.519. The van der Waals surface area contributed by atoms with E-state index in [1.54, 1.807) is 0 Å². The Morgan fingerprint density at radius 1 is 1.41 bits per heavy atom. The third-order valence-corrected chi connectivity index (χ3v) is 2.94. The highest BCUT2D eigenvalue weighted by Gasteiger charge is 2.24. The fourth-order valence-electron chi connectivity index (χ4n) is 1.72. The Morgan fingerprint density at radius 3 is 2.50 bits per heavy atom. The average Bonchev–Trinajstić information content (AvgIpc) is 2.46. The molecule has 0 saturated carbocycles. The Morgan fingerprint density at radius 2 is 2.05 bits per heavy atom. The lowest BCUT2D eigenvalue weighted by Crippen LogP contribution is -2.44. The molecule has 1 aliphatic heterocycles. The standard InChI is InChI=1S/C7H11NO3.C6H11NO4/c1-11-7(10)5-3-2-4-6(9)8-5;7-4(6(10)11)2-1-3-5(8)9/h5H,2-4H2,1H3,(H,8,9);4H,1-3,7H2,(H,8,9)(H,10,11)/t5-;/m1./s1. The summed E-state index contributed by atoms with van der Waals surface area (Å²) in [6.45, 7) is 0. The fourth-order valence-corrected chi connectivity index (χ4v) is 1.72. The lowest BCUT2D eigenvalue weighted by molar-refractivity contribution is -0.146. The zero-order chi connectivity index (χ0) is 17.1. The van der Waals surface area contributed by atoms with Crippen molar-refractivity contribution in [3.8, 4) is 0 Å². The molecule has 1 amide bonds. The Balaban J connectivity index is 0.000000401. The molecular formula is C13H22N2O7. The Labute approximate surface area is 127 Å². The number of methoxy groups -OCH3 is 1. The summed E-state index contributed by atoms with van der Waals surface area (Å²) in [6, 6.07) is -1.35. The number of nitrogens with two attached hydrogens (primary N) is 1. The monoisotopic (exact) mass is 318 g/mol. The number of hydrogen-bond donors (Lipinski definition) is 4. The number of piperidine rings is 1. The van der Waals surface area contributed by atoms with E-state index in [0.29, 0.717) is 19.3 Å². The Bertz CT molecular complexity index is 411. The minimum absolute atomic E-state index is 0.0268. The summed E-state index contributed by atoms with van der Waals surface area (Å²) in [4.78, 5) is 41.7. The molecule has 0 aromatic heterocycles. The van der Waals surface area contributed by atoms with Crippen molar-refractivity contribution >= 4 is 23.8 Å². The molecule has 0 aromatic rings. The Hall–Kier alpha value is -2.16. The molecule has 1 saturated heterocycles. The van der Waals surface area contributed by atoms with E-state index in [4.69, 9.17) is 15.9 Å². The van der Waals surface area contributed by atoms with Crippen molar-refractivity contribution in [3.05, 3.63) is 0 Å². The number of hydrogen-bond acceptors (Lipinski definition) is 6. The minimum Gasteiger partial charge on any atom is -0.481 e. The first-order valence-electron chi connectivity index (χ1n) is 6.85. The van der Waals surface area contributed by atoms with Gasteiger partial charge < -0.3 is 26.0 Å². The molecule has 1 rings (SSSR count). The second-order valence-corrected chi connectivity index (χ2v) is 4.77. The van der Waals surface area contributed by atoms with Crippen molar-refractivity contribution in [2.24, 2.45) is 5.73 Å². The molecule has 1 unspecified atom stereocenters. The summed E-state index contributed by atoms with van der Waals surface area (Å²) in [6.07, 6.45) is 2.48. The van der Waals surface area contributed by atoms with Crippen LogP contribution in [0.5, 0.6) is 0 Å². The van der Waals surface area contributed by atoms with Crippen molar-refractivity contribution in [1.82, 2.24) is 5.32 Å². The van der Waals surface area contributed by atoms with Crippen LogP contribution < -0.4 is 11.1 Å². The molecule has 0 spiro atoms. The van der Waals surface area contributed by atoms with Crippen LogP contribution in [0.25, 0.3) is 0 Å². The van der Waals surface area contributed by atoms with Crippen molar-refractivity contribution in [1.29, 1.82) is 0 Å². The molecule has 0 radical (unpaired) electrons. The molecule has 126 valence electrons. The first kappa shape index (κ1) is 19.8. The number of ether oxygens (including phenoxy) is 1. The van der Waals surface area contributed by atoms with Crippen LogP contribution >= 0.6 is 0 Å². The molecule has 5 N–H and O–H groups in total. The maximum atomic E-state index is 10.9. The number of carbonyl (C=O) groups is 4. The van der Waals surface area contributed by atoms with Gasteiger partial charge in [0.15, 0.2) is 0 Å². The van der Waals surface area contributed by atoms with Crippen LogP contribution in [0.2, 0.25) is 0 Å². The van der Waals surface area contributed by atoms with Gasteiger partial charge in [-0.25, -0.2) is 4.79 Å². The maximum absolute atomic E-state index is 10.9. The molecule has 1 aliphatic rings. The van der Waals surface area contributed by atoms with Gasteiger partial charge in [0.25, 0.3) is 0 Å². The number of carboxylic acids is 2. The predicted molar refractivity (Wildman–Crippen MR) is 74.9 cm³/mol. The number of aliphatic carboxylic acids is 2. The topological polar surface area (TPSA) is 156 Å². The number of carboxylic acid groups (broad SMARTS) is 2. The van der Waals surface area contributed by atoms with Gasteiger partial charge in [0.1, 0.15) is 12.1 Å². The van der Waals surface area contributed by atoms with Crippen LogP contribution in [0.3, 0.4) is 0 Å². The highest BCUT2D eigenvalue weighted by molar-refractivity contribution is 5.85. The quantitative estimate of drug-likeness (QED) is 0.477. The first-order valence-corrected chi connectivity index (χ1v) is 6.85. The maximum Gasteiger partial charge on any atom is 0.328 e. The van der Waals surface area contributed by atoms with Gasteiger partial charge in [-0.2, -0.15) is 0 Å². The van der Waals surface area contributed by atoms with Crippen LogP contribution in [-0.2, 0) is 23.9 Å². The van der Waals surface area contributed by atoms with Crippen molar-refractivity contribution in [2.45, 2.75) is 50.6 Å².